The number of carbonyl (C=O) groups excluding carboxylic acids is 1. The van der Waals surface area contributed by atoms with E-state index >= 15 is 0 Å². The average molecular weight is 444 g/mol. The van der Waals surface area contributed by atoms with Crippen LogP contribution in [0.4, 0.5) is 0 Å². The van der Waals surface area contributed by atoms with Crippen LogP contribution in [0.25, 0.3) is 10.2 Å². The molecule has 0 aliphatic heterocycles. The minimum Gasteiger partial charge on any atom is -0.293 e. The summed E-state index contributed by atoms with van der Waals surface area (Å²) in [5, 5.41) is 2.72. The quantitative estimate of drug-likeness (QED) is 0.200. The Kier molecular flexibility index (Phi) is 5.44. The molecule has 26 heavy (non-hydrogen) atoms. The van der Waals surface area contributed by atoms with Crippen molar-refractivity contribution in [1.29, 1.82) is 0 Å². The highest BCUT2D eigenvalue weighted by Gasteiger charge is 2.21. The van der Waals surface area contributed by atoms with Crippen molar-refractivity contribution < 1.29 is 4.79 Å². The van der Waals surface area contributed by atoms with Gasteiger partial charge in [-0.25, -0.2) is 9.97 Å². The van der Waals surface area contributed by atoms with E-state index < -0.39 is 0 Å². The van der Waals surface area contributed by atoms with Crippen molar-refractivity contribution in [3.8, 4) is 0 Å². The van der Waals surface area contributed by atoms with E-state index in [1.807, 2.05) is 0 Å². The number of thioether (sulfide) groups is 1. The number of nitrogens with zero attached hydrogens (tertiary/aromatic N) is 2. The van der Waals surface area contributed by atoms with Gasteiger partial charge in [0.1, 0.15) is 16.2 Å². The van der Waals surface area contributed by atoms with Crippen LogP contribution in [0.5, 0.6) is 0 Å². The molecule has 0 spiro atoms. The van der Waals surface area contributed by atoms with Crippen LogP contribution < -0.4 is 0 Å². The zero-order valence-electron chi connectivity index (χ0n) is 13.5. The molecule has 1 aromatic carbocycles. The molecule has 0 bridgehead atoms. The zero-order chi connectivity index (χ0) is 18.3. The zero-order valence-corrected chi connectivity index (χ0v) is 17.4. The lowest BCUT2D eigenvalue weighted by molar-refractivity contribution is 0.102. The number of fused-ring (bicyclic) bond motifs is 3. The monoisotopic (exact) mass is 442 g/mol. The number of Topliss-reactive ketones (excluding diaryl/α,β-unsaturated/α-hetero) is 1. The predicted molar refractivity (Wildman–Crippen MR) is 111 cm³/mol. The first-order chi connectivity index (χ1) is 12.6. The fraction of sp³-hybridized carbons (Fsp3) is 0.278. The van der Waals surface area contributed by atoms with E-state index in [0.29, 0.717) is 10.6 Å². The molecule has 3 aromatic rings. The third-order valence-corrected chi connectivity index (χ3v) is 7.88. The summed E-state index contributed by atoms with van der Waals surface area (Å²) in [6.07, 6.45) is 6.16. The Hall–Kier alpha value is -0.850. The van der Waals surface area contributed by atoms with Crippen LogP contribution in [0.15, 0.2) is 23.5 Å². The molecule has 2 aromatic heterocycles. The maximum absolute atomic E-state index is 12.6. The van der Waals surface area contributed by atoms with Gasteiger partial charge in [-0.15, -0.1) is 11.3 Å². The SMILES string of the molecule is O=C(CSc1ncnc2sc3c(c12)CCCC3)c1ccc(Cl)c(Cl)c1Cl. The maximum atomic E-state index is 12.6. The Morgan fingerprint density at radius 2 is 1.92 bits per heavy atom. The van der Waals surface area contributed by atoms with E-state index in [0.717, 1.165) is 28.1 Å². The Labute approximate surface area is 174 Å². The number of rotatable bonds is 4. The molecular weight excluding hydrogens is 431 g/mol. The van der Waals surface area contributed by atoms with E-state index in [1.165, 1.54) is 35.0 Å². The molecule has 0 N–H and O–H groups in total. The molecule has 4 rings (SSSR count). The van der Waals surface area contributed by atoms with Gasteiger partial charge in [-0.05, 0) is 43.4 Å². The minimum atomic E-state index is -0.102. The third kappa shape index (κ3) is 3.36. The summed E-state index contributed by atoms with van der Waals surface area (Å²) < 4.78 is 0. The van der Waals surface area contributed by atoms with E-state index in [-0.39, 0.29) is 21.6 Å². The summed E-state index contributed by atoms with van der Waals surface area (Å²) in [6, 6.07) is 3.20. The molecule has 0 fully saturated rings. The van der Waals surface area contributed by atoms with Crippen LogP contribution in [0.1, 0.15) is 33.6 Å². The van der Waals surface area contributed by atoms with Gasteiger partial charge in [-0.2, -0.15) is 0 Å². The second-order valence-electron chi connectivity index (χ2n) is 6.00. The first-order valence-electron chi connectivity index (χ1n) is 8.11. The Morgan fingerprint density at radius 3 is 2.77 bits per heavy atom. The second-order valence-corrected chi connectivity index (χ2v) is 9.22. The van der Waals surface area contributed by atoms with Gasteiger partial charge in [0, 0.05) is 15.8 Å². The van der Waals surface area contributed by atoms with Gasteiger partial charge in [0.25, 0.3) is 0 Å². The molecule has 2 heterocycles. The first kappa shape index (κ1) is 18.5. The highest BCUT2D eigenvalue weighted by atomic mass is 35.5. The normalized spacial score (nSPS) is 13.8. The van der Waals surface area contributed by atoms with Gasteiger partial charge in [0.15, 0.2) is 5.78 Å². The number of carbonyl (C=O) groups is 1. The van der Waals surface area contributed by atoms with Gasteiger partial charge in [-0.1, -0.05) is 46.6 Å². The molecule has 0 radical (unpaired) electrons. The molecule has 0 amide bonds. The van der Waals surface area contributed by atoms with Crippen LogP contribution in [0.3, 0.4) is 0 Å². The molecule has 0 atom stereocenters. The fourth-order valence-corrected chi connectivity index (χ4v) is 5.97. The topological polar surface area (TPSA) is 42.9 Å². The number of aromatic nitrogens is 2. The largest absolute Gasteiger partial charge is 0.293 e. The number of thiophene rings is 1. The van der Waals surface area contributed by atoms with Gasteiger partial charge < -0.3 is 0 Å². The Bertz CT molecular complexity index is 1020. The van der Waals surface area contributed by atoms with Gasteiger partial charge in [-0.3, -0.25) is 4.79 Å². The first-order valence-corrected chi connectivity index (χ1v) is 11.0. The van der Waals surface area contributed by atoms with Crippen molar-refractivity contribution >= 4 is 73.9 Å². The van der Waals surface area contributed by atoms with E-state index in [4.69, 9.17) is 34.8 Å². The fourth-order valence-electron chi connectivity index (χ4n) is 3.12. The van der Waals surface area contributed by atoms with E-state index in [9.17, 15) is 4.79 Å². The third-order valence-electron chi connectivity index (χ3n) is 4.39. The van der Waals surface area contributed by atoms with E-state index in [1.54, 1.807) is 29.8 Å². The lowest BCUT2D eigenvalue weighted by atomic mass is 9.97. The average Bonchev–Trinajstić information content (AvgIpc) is 3.03. The van der Waals surface area contributed by atoms with Crippen LogP contribution in [0.2, 0.25) is 15.1 Å². The van der Waals surface area contributed by atoms with Gasteiger partial charge in [0.2, 0.25) is 0 Å². The van der Waals surface area contributed by atoms with Crippen molar-refractivity contribution in [1.82, 2.24) is 9.97 Å². The minimum absolute atomic E-state index is 0.102. The number of aryl methyl sites for hydroxylation is 2. The molecule has 0 saturated heterocycles. The molecule has 1 aliphatic carbocycles. The predicted octanol–water partition coefficient (Wildman–Crippen LogP) is 6.51. The highest BCUT2D eigenvalue weighted by Crippen LogP contribution is 2.39. The van der Waals surface area contributed by atoms with Crippen molar-refractivity contribution in [3.05, 3.63) is 49.5 Å². The van der Waals surface area contributed by atoms with E-state index in [2.05, 4.69) is 9.97 Å². The van der Waals surface area contributed by atoms with Crippen molar-refractivity contribution in [2.45, 2.75) is 30.7 Å². The number of hydrogen-bond acceptors (Lipinski definition) is 5. The van der Waals surface area contributed by atoms with Crippen LogP contribution in [0, 0.1) is 0 Å². The number of ketones is 1. The number of benzene rings is 1. The summed E-state index contributed by atoms with van der Waals surface area (Å²) in [7, 11) is 0. The summed E-state index contributed by atoms with van der Waals surface area (Å²) in [4.78, 5) is 23.9. The van der Waals surface area contributed by atoms with Gasteiger partial charge >= 0.3 is 0 Å². The van der Waals surface area contributed by atoms with Crippen LogP contribution >= 0.6 is 57.9 Å². The van der Waals surface area contributed by atoms with Gasteiger partial charge in [0.05, 0.1) is 20.8 Å². The lowest BCUT2D eigenvalue weighted by Gasteiger charge is -2.11. The number of hydrogen-bond donors (Lipinski definition) is 0. The summed E-state index contributed by atoms with van der Waals surface area (Å²) in [5.74, 6) is 0.128. The Balaban J connectivity index is 1.61. The van der Waals surface area contributed by atoms with Crippen LogP contribution in [-0.4, -0.2) is 21.5 Å². The van der Waals surface area contributed by atoms with Crippen molar-refractivity contribution in [2.75, 3.05) is 5.75 Å². The maximum Gasteiger partial charge on any atom is 0.174 e. The number of halogens is 3. The summed E-state index contributed by atoms with van der Waals surface area (Å²) >= 11 is 21.3. The standard InChI is InChI=1S/C18H13Cl3N2OS2/c19-11-6-5-9(15(20)16(11)21)12(24)7-25-17-14-10-3-1-2-4-13(10)26-18(14)23-8-22-17/h5-6,8H,1-4,7H2. The molecule has 134 valence electrons. The summed E-state index contributed by atoms with van der Waals surface area (Å²) in [6.45, 7) is 0. The lowest BCUT2D eigenvalue weighted by Crippen LogP contribution is -2.04. The van der Waals surface area contributed by atoms with Crippen molar-refractivity contribution in [3.63, 3.8) is 0 Å². The smallest absolute Gasteiger partial charge is 0.174 e. The molecule has 3 nitrogen and oxygen atoms in total. The Morgan fingerprint density at radius 1 is 1.12 bits per heavy atom. The van der Waals surface area contributed by atoms with Crippen molar-refractivity contribution in [2.24, 2.45) is 0 Å². The summed E-state index contributed by atoms with van der Waals surface area (Å²) in [5.41, 5.74) is 1.74. The van der Waals surface area contributed by atoms with Crippen LogP contribution in [-0.2, 0) is 12.8 Å². The molecule has 0 unspecified atom stereocenters. The molecule has 1 aliphatic rings. The molecule has 8 heteroatoms. The molecule has 0 saturated carbocycles. The molecular formula is C18H13Cl3N2OS2. The second kappa shape index (κ2) is 7.64. The highest BCUT2D eigenvalue weighted by molar-refractivity contribution is 8.00.